The number of azo groups is 1. The van der Waals surface area contributed by atoms with Crippen molar-refractivity contribution in [3.05, 3.63) is 24.2 Å². The fourth-order valence-corrected chi connectivity index (χ4v) is 0.834. The second kappa shape index (κ2) is 2.12. The van der Waals surface area contributed by atoms with Crippen LogP contribution in [0.5, 0.6) is 0 Å². The summed E-state index contributed by atoms with van der Waals surface area (Å²) in [7, 11) is 0. The Balaban J connectivity index is 2.40. The van der Waals surface area contributed by atoms with Gasteiger partial charge in [0, 0.05) is 6.20 Å². The van der Waals surface area contributed by atoms with E-state index in [1.165, 1.54) is 6.20 Å². The van der Waals surface area contributed by atoms with E-state index in [2.05, 4.69) is 20.4 Å². The molecular formula is C6H4N4O. The first-order valence-electron chi connectivity index (χ1n) is 3.03. The molecule has 1 amide bonds. The Bertz CT molecular complexity index is 335. The molecular weight excluding hydrogens is 144 g/mol. The molecule has 1 aromatic heterocycles. The van der Waals surface area contributed by atoms with Gasteiger partial charge in [0.15, 0.2) is 0 Å². The number of hydrogen-bond acceptors (Lipinski definition) is 3. The molecule has 11 heavy (non-hydrogen) atoms. The minimum Gasteiger partial charge on any atom is -0.285 e. The van der Waals surface area contributed by atoms with Gasteiger partial charge in [-0.3, -0.25) is 9.89 Å². The van der Waals surface area contributed by atoms with Gasteiger partial charge in [0.1, 0.15) is 0 Å². The zero-order chi connectivity index (χ0) is 7.68. The van der Waals surface area contributed by atoms with Crippen molar-refractivity contribution in [3.63, 3.8) is 0 Å². The number of aromatic nitrogens is 2. The summed E-state index contributed by atoms with van der Waals surface area (Å²) < 4.78 is 0. The maximum Gasteiger partial charge on any atom is 0.299 e. The fourth-order valence-electron chi connectivity index (χ4n) is 0.834. The minimum absolute atomic E-state index is 0.336. The lowest BCUT2D eigenvalue weighted by Crippen LogP contribution is -1.93. The number of H-pyrrole nitrogens is 1. The average Bonchev–Trinajstić information content (AvgIpc) is 2.55. The molecule has 1 N–H and O–H groups in total. The van der Waals surface area contributed by atoms with Crippen LogP contribution in [0, 0.1) is 0 Å². The molecule has 0 fully saturated rings. The van der Waals surface area contributed by atoms with Crippen molar-refractivity contribution in [1.82, 2.24) is 10.2 Å². The van der Waals surface area contributed by atoms with Gasteiger partial charge in [-0.1, -0.05) is 0 Å². The van der Waals surface area contributed by atoms with Crippen LogP contribution >= 0.6 is 0 Å². The van der Waals surface area contributed by atoms with E-state index in [9.17, 15) is 4.79 Å². The van der Waals surface area contributed by atoms with Crippen LogP contribution < -0.4 is 0 Å². The number of amides is 1. The Labute approximate surface area is 61.8 Å². The molecule has 0 saturated heterocycles. The summed E-state index contributed by atoms with van der Waals surface area (Å²) in [6, 6.07) is 1.69. The molecule has 5 heteroatoms. The number of rotatable bonds is 1. The Morgan fingerprint density at radius 1 is 1.45 bits per heavy atom. The average molecular weight is 148 g/mol. The third-order valence-electron chi connectivity index (χ3n) is 1.34. The maximum atomic E-state index is 10.9. The van der Waals surface area contributed by atoms with Crippen molar-refractivity contribution in [3.8, 4) is 0 Å². The number of nitrogens with one attached hydrogen (secondary N) is 1. The van der Waals surface area contributed by atoms with E-state index in [-0.39, 0.29) is 5.91 Å². The molecule has 0 unspecified atom stereocenters. The molecule has 0 saturated carbocycles. The largest absolute Gasteiger partial charge is 0.299 e. The molecule has 2 rings (SSSR count). The first-order chi connectivity index (χ1) is 5.38. The lowest BCUT2D eigenvalue weighted by Gasteiger charge is -1.87. The summed E-state index contributed by atoms with van der Waals surface area (Å²) in [5, 5.41) is 13.2. The number of carbonyl (C=O) groups excluding carboxylic acids is 1. The van der Waals surface area contributed by atoms with Gasteiger partial charge in [-0.05, 0) is 6.07 Å². The van der Waals surface area contributed by atoms with Crippen LogP contribution in [-0.2, 0) is 4.79 Å². The Kier molecular flexibility index (Phi) is 1.15. The van der Waals surface area contributed by atoms with Crippen molar-refractivity contribution >= 4 is 11.5 Å². The van der Waals surface area contributed by atoms with E-state index in [4.69, 9.17) is 0 Å². The van der Waals surface area contributed by atoms with Crippen LogP contribution in [-0.4, -0.2) is 16.1 Å². The standard InChI is InChI=1S/C6H4N4O/c11-6-4(3-8-10-6)5-1-2-7-9-5/h1-3H,(H,7,9). The van der Waals surface area contributed by atoms with Gasteiger partial charge in [-0.2, -0.15) is 10.2 Å². The summed E-state index contributed by atoms with van der Waals surface area (Å²) in [5.74, 6) is -0.336. The highest BCUT2D eigenvalue weighted by Crippen LogP contribution is 2.17. The lowest BCUT2D eigenvalue weighted by atomic mass is 10.2. The minimum atomic E-state index is -0.336. The highest BCUT2D eigenvalue weighted by molar-refractivity contribution is 6.20. The molecule has 1 aliphatic rings. The fraction of sp³-hybridized carbons (Fsp3) is 0. The predicted octanol–water partition coefficient (Wildman–Crippen LogP) is 0.743. The van der Waals surface area contributed by atoms with Gasteiger partial charge in [0.05, 0.1) is 17.5 Å². The summed E-state index contributed by atoms with van der Waals surface area (Å²) in [6.45, 7) is 0. The number of nitrogens with zero attached hydrogens (tertiary/aromatic N) is 3. The third-order valence-corrected chi connectivity index (χ3v) is 1.34. The molecule has 0 bridgehead atoms. The molecule has 1 aromatic rings. The first kappa shape index (κ1) is 5.96. The van der Waals surface area contributed by atoms with Crippen molar-refractivity contribution in [2.24, 2.45) is 10.2 Å². The van der Waals surface area contributed by atoms with Gasteiger partial charge in [-0.15, -0.1) is 5.11 Å². The Morgan fingerprint density at radius 2 is 2.36 bits per heavy atom. The molecule has 1 aliphatic heterocycles. The van der Waals surface area contributed by atoms with E-state index >= 15 is 0 Å². The Hall–Kier alpha value is -1.78. The van der Waals surface area contributed by atoms with Gasteiger partial charge in [0.2, 0.25) is 0 Å². The van der Waals surface area contributed by atoms with Crippen LogP contribution in [0.25, 0.3) is 5.57 Å². The summed E-state index contributed by atoms with van der Waals surface area (Å²) in [5.41, 5.74) is 1.02. The van der Waals surface area contributed by atoms with Crippen molar-refractivity contribution in [1.29, 1.82) is 0 Å². The molecule has 0 radical (unpaired) electrons. The highest BCUT2D eigenvalue weighted by atomic mass is 16.2. The van der Waals surface area contributed by atoms with Crippen molar-refractivity contribution in [2.45, 2.75) is 0 Å². The van der Waals surface area contributed by atoms with Gasteiger partial charge < -0.3 is 0 Å². The van der Waals surface area contributed by atoms with E-state index in [0.29, 0.717) is 11.3 Å². The van der Waals surface area contributed by atoms with Gasteiger partial charge in [0.25, 0.3) is 5.91 Å². The van der Waals surface area contributed by atoms with Crippen molar-refractivity contribution in [2.75, 3.05) is 0 Å². The highest BCUT2D eigenvalue weighted by Gasteiger charge is 2.16. The number of carbonyl (C=O) groups is 1. The quantitative estimate of drug-likeness (QED) is 0.638. The first-order valence-corrected chi connectivity index (χ1v) is 3.03. The maximum absolute atomic E-state index is 10.9. The van der Waals surface area contributed by atoms with Crippen LogP contribution in [0.15, 0.2) is 28.7 Å². The number of hydrogen-bond donors (Lipinski definition) is 1. The van der Waals surface area contributed by atoms with E-state index < -0.39 is 0 Å². The molecule has 0 aromatic carbocycles. The molecule has 2 heterocycles. The topological polar surface area (TPSA) is 70.5 Å². The molecule has 0 atom stereocenters. The normalized spacial score (nSPS) is 15.6. The van der Waals surface area contributed by atoms with Crippen LogP contribution in [0.4, 0.5) is 0 Å². The van der Waals surface area contributed by atoms with Crippen LogP contribution in [0.3, 0.4) is 0 Å². The van der Waals surface area contributed by atoms with Gasteiger partial charge in [-0.25, -0.2) is 0 Å². The van der Waals surface area contributed by atoms with Gasteiger partial charge >= 0.3 is 0 Å². The second-order valence-electron chi connectivity index (χ2n) is 2.02. The van der Waals surface area contributed by atoms with Crippen molar-refractivity contribution < 1.29 is 4.79 Å². The molecule has 54 valence electrons. The Morgan fingerprint density at radius 3 is 2.91 bits per heavy atom. The second-order valence-corrected chi connectivity index (χ2v) is 2.02. The molecule has 5 nitrogen and oxygen atoms in total. The third kappa shape index (κ3) is 0.861. The van der Waals surface area contributed by atoms with E-state index in [0.717, 1.165) is 0 Å². The van der Waals surface area contributed by atoms with Crippen LogP contribution in [0.2, 0.25) is 0 Å². The zero-order valence-electron chi connectivity index (χ0n) is 5.48. The SMILES string of the molecule is O=C1N=NC=C1c1cc[nH]n1. The summed E-state index contributed by atoms with van der Waals surface area (Å²) in [6.07, 6.45) is 3.04. The number of aromatic amines is 1. The van der Waals surface area contributed by atoms with E-state index in [1.807, 2.05) is 0 Å². The van der Waals surface area contributed by atoms with E-state index in [1.54, 1.807) is 12.3 Å². The monoisotopic (exact) mass is 148 g/mol. The zero-order valence-corrected chi connectivity index (χ0v) is 5.48. The van der Waals surface area contributed by atoms with Crippen LogP contribution in [0.1, 0.15) is 5.69 Å². The predicted molar refractivity (Wildman–Crippen MR) is 36.4 cm³/mol. The lowest BCUT2D eigenvalue weighted by molar-refractivity contribution is -0.112. The summed E-state index contributed by atoms with van der Waals surface area (Å²) in [4.78, 5) is 10.9. The smallest absolute Gasteiger partial charge is 0.285 e. The molecule has 0 aliphatic carbocycles. The summed E-state index contributed by atoms with van der Waals surface area (Å²) >= 11 is 0. The molecule has 0 spiro atoms.